The summed E-state index contributed by atoms with van der Waals surface area (Å²) in [7, 11) is 1.33. The maximum absolute atomic E-state index is 13.1. The Hall–Kier alpha value is -3.74. The Labute approximate surface area is 168 Å². The lowest BCUT2D eigenvalue weighted by Crippen LogP contribution is -2.36. The zero-order chi connectivity index (χ0) is 20.2. The lowest BCUT2D eigenvalue weighted by Gasteiger charge is -2.29. The van der Waals surface area contributed by atoms with Gasteiger partial charge in [-0.05, 0) is 36.6 Å². The predicted molar refractivity (Wildman–Crippen MR) is 110 cm³/mol. The van der Waals surface area contributed by atoms with Crippen molar-refractivity contribution in [2.24, 2.45) is 0 Å². The number of benzene rings is 2. The number of hydrogen-bond acceptors (Lipinski definition) is 6. The maximum atomic E-state index is 13.1. The lowest BCUT2D eigenvalue weighted by molar-refractivity contribution is 0.0601. The molecule has 146 valence electrons. The SMILES string of the molecule is COC(=O)c1ccccc1Nc1cc(C(=O)N2CCCc3ccccc32)ncn1. The Balaban J connectivity index is 1.61. The van der Waals surface area contributed by atoms with E-state index in [0.29, 0.717) is 23.6 Å². The van der Waals surface area contributed by atoms with Crippen LogP contribution in [0.25, 0.3) is 0 Å². The van der Waals surface area contributed by atoms with Gasteiger partial charge in [-0.3, -0.25) is 4.79 Å². The number of hydrogen-bond donors (Lipinski definition) is 1. The van der Waals surface area contributed by atoms with Crippen LogP contribution >= 0.6 is 0 Å². The van der Waals surface area contributed by atoms with E-state index in [4.69, 9.17) is 4.74 Å². The normalized spacial score (nSPS) is 12.8. The average Bonchev–Trinajstić information content (AvgIpc) is 2.78. The summed E-state index contributed by atoms with van der Waals surface area (Å²) in [5, 5.41) is 3.08. The fourth-order valence-electron chi connectivity index (χ4n) is 3.44. The van der Waals surface area contributed by atoms with Crippen molar-refractivity contribution in [2.75, 3.05) is 23.9 Å². The molecule has 7 heteroatoms. The van der Waals surface area contributed by atoms with Crippen LogP contribution < -0.4 is 10.2 Å². The van der Waals surface area contributed by atoms with Crippen LogP contribution in [0.1, 0.15) is 32.8 Å². The monoisotopic (exact) mass is 388 g/mol. The van der Waals surface area contributed by atoms with Gasteiger partial charge in [-0.1, -0.05) is 30.3 Å². The van der Waals surface area contributed by atoms with E-state index in [-0.39, 0.29) is 11.6 Å². The van der Waals surface area contributed by atoms with Gasteiger partial charge in [-0.25, -0.2) is 14.8 Å². The van der Waals surface area contributed by atoms with Gasteiger partial charge < -0.3 is 15.0 Å². The lowest BCUT2D eigenvalue weighted by atomic mass is 10.0. The molecule has 1 aliphatic heterocycles. The van der Waals surface area contributed by atoms with E-state index in [2.05, 4.69) is 15.3 Å². The molecule has 0 saturated heterocycles. The molecule has 0 atom stereocenters. The van der Waals surface area contributed by atoms with Gasteiger partial charge in [0.05, 0.1) is 18.4 Å². The van der Waals surface area contributed by atoms with Crippen molar-refractivity contribution in [3.8, 4) is 0 Å². The van der Waals surface area contributed by atoms with E-state index in [1.165, 1.54) is 13.4 Å². The van der Waals surface area contributed by atoms with Crippen LogP contribution in [0.15, 0.2) is 60.9 Å². The van der Waals surface area contributed by atoms with Crippen LogP contribution in [0.3, 0.4) is 0 Å². The third kappa shape index (κ3) is 3.80. The standard InChI is InChI=1S/C22H20N4O3/c1-29-22(28)16-9-3-4-10-17(16)25-20-13-18(23-14-24-20)21(27)26-12-6-8-15-7-2-5-11-19(15)26/h2-5,7,9-11,13-14H,6,8,12H2,1H3,(H,23,24,25). The van der Waals surface area contributed by atoms with Crippen LogP contribution in [-0.2, 0) is 11.2 Å². The van der Waals surface area contributed by atoms with Crippen LogP contribution in [0.4, 0.5) is 17.2 Å². The number of para-hydroxylation sites is 2. The number of aryl methyl sites for hydroxylation is 1. The molecule has 2 heterocycles. The van der Waals surface area contributed by atoms with Crippen LogP contribution in [0.2, 0.25) is 0 Å². The second-order valence-electron chi connectivity index (χ2n) is 6.64. The molecule has 0 fully saturated rings. The molecular formula is C22H20N4O3. The topological polar surface area (TPSA) is 84.4 Å². The number of anilines is 3. The molecular weight excluding hydrogens is 368 g/mol. The van der Waals surface area contributed by atoms with E-state index in [1.807, 2.05) is 24.3 Å². The first-order valence-corrected chi connectivity index (χ1v) is 9.33. The molecule has 1 amide bonds. The molecule has 1 aromatic heterocycles. The van der Waals surface area contributed by atoms with Gasteiger partial charge in [0.15, 0.2) is 0 Å². The fraction of sp³-hybridized carbons (Fsp3) is 0.182. The Kier molecular flexibility index (Phi) is 5.20. The highest BCUT2D eigenvalue weighted by Crippen LogP contribution is 2.28. The zero-order valence-corrected chi connectivity index (χ0v) is 16.0. The molecule has 2 aromatic carbocycles. The number of esters is 1. The summed E-state index contributed by atoms with van der Waals surface area (Å²) >= 11 is 0. The highest BCUT2D eigenvalue weighted by Gasteiger charge is 2.24. The summed E-state index contributed by atoms with van der Waals surface area (Å²) in [6.07, 6.45) is 3.21. The average molecular weight is 388 g/mol. The van der Waals surface area contributed by atoms with E-state index in [9.17, 15) is 9.59 Å². The molecule has 0 radical (unpaired) electrons. The summed E-state index contributed by atoms with van der Waals surface area (Å²) in [5.74, 6) is -0.211. The number of carbonyl (C=O) groups is 2. The van der Waals surface area contributed by atoms with Gasteiger partial charge in [-0.2, -0.15) is 0 Å². The van der Waals surface area contributed by atoms with Crippen molar-refractivity contribution in [1.29, 1.82) is 0 Å². The van der Waals surface area contributed by atoms with Crippen molar-refractivity contribution in [3.05, 3.63) is 77.7 Å². The van der Waals surface area contributed by atoms with Gasteiger partial charge in [0.1, 0.15) is 17.8 Å². The van der Waals surface area contributed by atoms with Crippen LogP contribution in [-0.4, -0.2) is 35.5 Å². The number of amides is 1. The number of carbonyl (C=O) groups excluding carboxylic acids is 2. The molecule has 29 heavy (non-hydrogen) atoms. The number of aromatic nitrogens is 2. The first-order valence-electron chi connectivity index (χ1n) is 9.33. The van der Waals surface area contributed by atoms with Crippen molar-refractivity contribution < 1.29 is 14.3 Å². The minimum atomic E-state index is -0.455. The van der Waals surface area contributed by atoms with Gasteiger partial charge in [0, 0.05) is 18.3 Å². The Morgan fingerprint density at radius 3 is 2.72 bits per heavy atom. The summed E-state index contributed by atoms with van der Waals surface area (Å²) < 4.78 is 4.82. The highest BCUT2D eigenvalue weighted by molar-refractivity contribution is 6.06. The van der Waals surface area contributed by atoms with Crippen molar-refractivity contribution in [2.45, 2.75) is 12.8 Å². The first kappa shape index (κ1) is 18.6. The molecule has 0 spiro atoms. The minimum absolute atomic E-state index is 0.177. The van der Waals surface area contributed by atoms with Gasteiger partial charge in [0.2, 0.25) is 0 Å². The predicted octanol–water partition coefficient (Wildman–Crippen LogP) is 3.60. The number of nitrogens with one attached hydrogen (secondary N) is 1. The number of methoxy groups -OCH3 is 1. The molecule has 3 aromatic rings. The molecule has 7 nitrogen and oxygen atoms in total. The molecule has 1 aliphatic rings. The minimum Gasteiger partial charge on any atom is -0.465 e. The number of rotatable bonds is 4. The fourth-order valence-corrected chi connectivity index (χ4v) is 3.44. The summed E-state index contributed by atoms with van der Waals surface area (Å²) in [6, 6.07) is 16.5. The highest BCUT2D eigenvalue weighted by atomic mass is 16.5. The third-order valence-electron chi connectivity index (χ3n) is 4.84. The molecule has 1 N–H and O–H groups in total. The molecule has 0 saturated carbocycles. The Bertz CT molecular complexity index is 1070. The van der Waals surface area contributed by atoms with Gasteiger partial charge in [0.25, 0.3) is 5.91 Å². The molecule has 0 aliphatic carbocycles. The Morgan fingerprint density at radius 1 is 1.07 bits per heavy atom. The van der Waals surface area contributed by atoms with Crippen molar-refractivity contribution in [3.63, 3.8) is 0 Å². The van der Waals surface area contributed by atoms with E-state index in [0.717, 1.165) is 24.1 Å². The molecule has 0 bridgehead atoms. The molecule has 4 rings (SSSR count). The summed E-state index contributed by atoms with van der Waals surface area (Å²) in [4.78, 5) is 35.2. The van der Waals surface area contributed by atoms with Crippen molar-refractivity contribution in [1.82, 2.24) is 9.97 Å². The third-order valence-corrected chi connectivity index (χ3v) is 4.84. The largest absolute Gasteiger partial charge is 0.465 e. The van der Waals surface area contributed by atoms with E-state index >= 15 is 0 Å². The van der Waals surface area contributed by atoms with Crippen LogP contribution in [0.5, 0.6) is 0 Å². The van der Waals surface area contributed by atoms with E-state index < -0.39 is 5.97 Å². The second-order valence-corrected chi connectivity index (χ2v) is 6.64. The van der Waals surface area contributed by atoms with Crippen LogP contribution in [0, 0.1) is 0 Å². The summed E-state index contributed by atoms with van der Waals surface area (Å²) in [6.45, 7) is 0.647. The molecule has 0 unspecified atom stereocenters. The number of fused-ring (bicyclic) bond motifs is 1. The quantitative estimate of drug-likeness (QED) is 0.688. The smallest absolute Gasteiger partial charge is 0.339 e. The summed E-state index contributed by atoms with van der Waals surface area (Å²) in [5.41, 5.74) is 3.29. The Morgan fingerprint density at radius 2 is 1.86 bits per heavy atom. The number of ether oxygens (including phenoxy) is 1. The number of nitrogens with zero attached hydrogens (tertiary/aromatic N) is 3. The van der Waals surface area contributed by atoms with Crippen molar-refractivity contribution >= 4 is 29.1 Å². The second kappa shape index (κ2) is 8.10. The van der Waals surface area contributed by atoms with E-state index in [1.54, 1.807) is 35.2 Å². The van der Waals surface area contributed by atoms with Gasteiger partial charge >= 0.3 is 5.97 Å². The maximum Gasteiger partial charge on any atom is 0.339 e. The zero-order valence-electron chi connectivity index (χ0n) is 16.0. The van der Waals surface area contributed by atoms with Gasteiger partial charge in [-0.15, -0.1) is 0 Å². The first-order chi connectivity index (χ1) is 14.2.